The summed E-state index contributed by atoms with van der Waals surface area (Å²) in [7, 11) is 0. The Labute approximate surface area is 136 Å². The first-order valence-electron chi connectivity index (χ1n) is 7.01. The van der Waals surface area contributed by atoms with E-state index in [9.17, 15) is 0 Å². The number of nitrogens with one attached hydrogen (secondary N) is 1. The van der Waals surface area contributed by atoms with Crippen molar-refractivity contribution in [3.05, 3.63) is 71.1 Å². The van der Waals surface area contributed by atoms with Crippen molar-refractivity contribution in [1.29, 1.82) is 0 Å². The maximum absolute atomic E-state index is 4.73. The van der Waals surface area contributed by atoms with E-state index < -0.39 is 0 Å². The minimum absolute atomic E-state index is 0.702. The smallest absolute Gasteiger partial charge is 0.153 e. The number of para-hydroxylation sites is 2. The Hall–Kier alpha value is -2.40. The molecule has 22 heavy (non-hydrogen) atoms. The molecule has 0 spiro atoms. The second kappa shape index (κ2) is 5.42. The van der Waals surface area contributed by atoms with Gasteiger partial charge in [-0.25, -0.2) is 9.97 Å². The maximum atomic E-state index is 4.73. The zero-order valence-electron chi connectivity index (χ0n) is 11.7. The lowest BCUT2D eigenvalue weighted by Crippen LogP contribution is -2.04. The number of aromatic nitrogens is 3. The summed E-state index contributed by atoms with van der Waals surface area (Å²) in [6.07, 6.45) is 3.66. The van der Waals surface area contributed by atoms with Crippen molar-refractivity contribution in [2.45, 2.75) is 6.54 Å². The summed E-state index contributed by atoms with van der Waals surface area (Å²) in [4.78, 5) is 8.99. The molecule has 0 aliphatic carbocycles. The standard InChI is InChI=1S/C17H13BrN4/c18-13-6-2-1-5-12(13)9-20-17-16-10-19-11-22(16)15-8-4-3-7-14(15)21-17/h1-8,10-11H,9H2,(H,20,21). The van der Waals surface area contributed by atoms with Gasteiger partial charge in [-0.15, -0.1) is 0 Å². The zero-order valence-corrected chi connectivity index (χ0v) is 13.3. The van der Waals surface area contributed by atoms with E-state index in [1.54, 1.807) is 0 Å². The van der Waals surface area contributed by atoms with Crippen LogP contribution in [0.5, 0.6) is 0 Å². The highest BCUT2D eigenvalue weighted by Gasteiger charge is 2.08. The predicted molar refractivity (Wildman–Crippen MR) is 92.0 cm³/mol. The summed E-state index contributed by atoms with van der Waals surface area (Å²) in [5.41, 5.74) is 4.17. The van der Waals surface area contributed by atoms with Crippen LogP contribution in [0.4, 0.5) is 5.82 Å². The normalized spacial score (nSPS) is 11.1. The highest BCUT2D eigenvalue weighted by atomic mass is 79.9. The van der Waals surface area contributed by atoms with Gasteiger partial charge < -0.3 is 5.32 Å². The third-order valence-corrected chi connectivity index (χ3v) is 4.43. The van der Waals surface area contributed by atoms with E-state index in [0.29, 0.717) is 6.54 Å². The molecule has 0 amide bonds. The van der Waals surface area contributed by atoms with Crippen molar-refractivity contribution in [2.75, 3.05) is 5.32 Å². The number of nitrogens with zero attached hydrogens (tertiary/aromatic N) is 3. The Morgan fingerprint density at radius 1 is 1.00 bits per heavy atom. The first-order chi connectivity index (χ1) is 10.8. The molecule has 0 saturated carbocycles. The van der Waals surface area contributed by atoms with E-state index >= 15 is 0 Å². The molecule has 0 radical (unpaired) electrons. The molecule has 4 aromatic rings. The zero-order chi connectivity index (χ0) is 14.9. The molecule has 2 aromatic carbocycles. The second-order valence-corrected chi connectivity index (χ2v) is 5.90. The van der Waals surface area contributed by atoms with Gasteiger partial charge in [-0.1, -0.05) is 46.3 Å². The molecule has 0 bridgehead atoms. The maximum Gasteiger partial charge on any atom is 0.153 e. The number of rotatable bonds is 3. The van der Waals surface area contributed by atoms with Gasteiger partial charge in [-0.05, 0) is 23.8 Å². The Kier molecular flexibility index (Phi) is 3.27. The average Bonchev–Trinajstić information content (AvgIpc) is 3.04. The largest absolute Gasteiger partial charge is 0.364 e. The predicted octanol–water partition coefficient (Wildman–Crippen LogP) is 4.26. The molecule has 2 heterocycles. The minimum Gasteiger partial charge on any atom is -0.364 e. The van der Waals surface area contributed by atoms with Crippen LogP contribution in [0.15, 0.2) is 65.5 Å². The van der Waals surface area contributed by atoms with Crippen LogP contribution < -0.4 is 5.32 Å². The lowest BCUT2D eigenvalue weighted by Gasteiger charge is -2.11. The van der Waals surface area contributed by atoms with Crippen molar-refractivity contribution in [1.82, 2.24) is 14.4 Å². The van der Waals surface area contributed by atoms with Gasteiger partial charge >= 0.3 is 0 Å². The number of fused-ring (bicyclic) bond motifs is 3. The quantitative estimate of drug-likeness (QED) is 0.599. The van der Waals surface area contributed by atoms with Crippen molar-refractivity contribution in [2.24, 2.45) is 0 Å². The number of halogens is 1. The fourth-order valence-electron chi connectivity index (χ4n) is 2.55. The van der Waals surface area contributed by atoms with Gasteiger partial charge in [0.05, 0.1) is 23.6 Å². The molecule has 108 valence electrons. The van der Waals surface area contributed by atoms with Crippen molar-refractivity contribution in [3.63, 3.8) is 0 Å². The van der Waals surface area contributed by atoms with E-state index in [2.05, 4.69) is 42.8 Å². The lowest BCUT2D eigenvalue weighted by molar-refractivity contribution is 1.10. The topological polar surface area (TPSA) is 42.2 Å². The molecule has 0 saturated heterocycles. The lowest BCUT2D eigenvalue weighted by atomic mass is 10.2. The number of hydrogen-bond acceptors (Lipinski definition) is 3. The fourth-order valence-corrected chi connectivity index (χ4v) is 2.98. The van der Waals surface area contributed by atoms with Crippen LogP contribution >= 0.6 is 15.9 Å². The molecular weight excluding hydrogens is 340 g/mol. The van der Waals surface area contributed by atoms with Crippen LogP contribution in [0.1, 0.15) is 5.56 Å². The van der Waals surface area contributed by atoms with E-state index in [1.165, 1.54) is 5.56 Å². The molecular formula is C17H13BrN4. The van der Waals surface area contributed by atoms with Gasteiger partial charge in [0.1, 0.15) is 5.52 Å². The molecule has 2 aromatic heterocycles. The fraction of sp³-hybridized carbons (Fsp3) is 0.0588. The van der Waals surface area contributed by atoms with Gasteiger partial charge in [0.2, 0.25) is 0 Å². The van der Waals surface area contributed by atoms with Crippen LogP contribution in [0, 0.1) is 0 Å². The molecule has 4 rings (SSSR count). The number of anilines is 1. The SMILES string of the molecule is Brc1ccccc1CNc1nc2ccccc2n2cncc12. The summed E-state index contributed by atoms with van der Waals surface area (Å²) >= 11 is 3.57. The van der Waals surface area contributed by atoms with Crippen LogP contribution in [0.2, 0.25) is 0 Å². The van der Waals surface area contributed by atoms with Crippen LogP contribution in [0.3, 0.4) is 0 Å². The summed E-state index contributed by atoms with van der Waals surface area (Å²) < 4.78 is 3.15. The van der Waals surface area contributed by atoms with Crippen LogP contribution in [-0.2, 0) is 6.54 Å². The number of hydrogen-bond donors (Lipinski definition) is 1. The first kappa shape index (κ1) is 13.3. The van der Waals surface area contributed by atoms with Crippen molar-refractivity contribution in [3.8, 4) is 0 Å². The first-order valence-corrected chi connectivity index (χ1v) is 7.80. The third-order valence-electron chi connectivity index (χ3n) is 3.66. The van der Waals surface area contributed by atoms with Gasteiger partial charge in [0.15, 0.2) is 5.82 Å². The molecule has 0 unspecified atom stereocenters. The molecule has 0 aliphatic rings. The monoisotopic (exact) mass is 352 g/mol. The van der Waals surface area contributed by atoms with Gasteiger partial charge in [-0.3, -0.25) is 4.40 Å². The summed E-state index contributed by atoms with van der Waals surface area (Å²) in [5, 5.41) is 3.42. The van der Waals surface area contributed by atoms with E-state index in [-0.39, 0.29) is 0 Å². The Bertz CT molecular complexity index is 961. The van der Waals surface area contributed by atoms with E-state index in [0.717, 1.165) is 26.8 Å². The van der Waals surface area contributed by atoms with E-state index in [1.807, 2.05) is 48.9 Å². The van der Waals surface area contributed by atoms with Crippen molar-refractivity contribution >= 4 is 38.3 Å². The van der Waals surface area contributed by atoms with Crippen LogP contribution in [-0.4, -0.2) is 14.4 Å². The summed E-state index contributed by atoms with van der Waals surface area (Å²) in [5.74, 6) is 0.840. The van der Waals surface area contributed by atoms with Gasteiger partial charge in [0.25, 0.3) is 0 Å². The van der Waals surface area contributed by atoms with Crippen molar-refractivity contribution < 1.29 is 0 Å². The molecule has 0 atom stereocenters. The Morgan fingerprint density at radius 3 is 2.73 bits per heavy atom. The van der Waals surface area contributed by atoms with Gasteiger partial charge in [-0.2, -0.15) is 0 Å². The van der Waals surface area contributed by atoms with E-state index in [4.69, 9.17) is 4.98 Å². The summed E-state index contributed by atoms with van der Waals surface area (Å²) in [6, 6.07) is 16.2. The summed E-state index contributed by atoms with van der Waals surface area (Å²) in [6.45, 7) is 0.702. The molecule has 5 heteroatoms. The Morgan fingerprint density at radius 2 is 1.82 bits per heavy atom. The highest BCUT2D eigenvalue weighted by Crippen LogP contribution is 2.23. The Balaban J connectivity index is 1.77. The number of imidazole rings is 1. The second-order valence-electron chi connectivity index (χ2n) is 5.04. The number of benzene rings is 2. The molecule has 0 fully saturated rings. The molecule has 1 N–H and O–H groups in total. The van der Waals surface area contributed by atoms with Gasteiger partial charge in [0, 0.05) is 11.0 Å². The molecule has 4 nitrogen and oxygen atoms in total. The third kappa shape index (κ3) is 2.23. The highest BCUT2D eigenvalue weighted by molar-refractivity contribution is 9.10. The van der Waals surface area contributed by atoms with Crippen LogP contribution in [0.25, 0.3) is 16.6 Å². The molecule has 0 aliphatic heterocycles. The minimum atomic E-state index is 0.702. The average molecular weight is 353 g/mol.